The van der Waals surface area contributed by atoms with Gasteiger partial charge >= 0.3 is 0 Å². The zero-order chi connectivity index (χ0) is 28.4. The lowest BCUT2D eigenvalue weighted by Crippen LogP contribution is -2.65. The Labute approximate surface area is 225 Å². The molecule has 4 atom stereocenters. The van der Waals surface area contributed by atoms with Crippen molar-refractivity contribution in [2.75, 3.05) is 14.1 Å². The summed E-state index contributed by atoms with van der Waals surface area (Å²) in [5, 5.41) is 44.6. The first kappa shape index (κ1) is 26.4. The number of nitrogens with zero attached hydrogens (tertiary/aromatic N) is 1. The third-order valence-electron chi connectivity index (χ3n) is 8.17. The van der Waals surface area contributed by atoms with Gasteiger partial charge in [0.2, 0.25) is 5.78 Å². The highest BCUT2D eigenvalue weighted by molar-refractivity contribution is 6.24. The number of carbonyl (C=O) groups is 3. The van der Waals surface area contributed by atoms with Crippen molar-refractivity contribution < 1.29 is 34.8 Å². The number of likely N-dealkylation sites (N-methyl/N-ethyl adjacent to an activating group) is 1. The number of benzene rings is 2. The summed E-state index contributed by atoms with van der Waals surface area (Å²) in [6.45, 7) is 1.99. The number of aromatic hydroxyl groups is 1. The molecule has 0 saturated heterocycles. The number of phenolic OH excluding ortho intramolecular Hbond substituents is 1. The van der Waals surface area contributed by atoms with Gasteiger partial charge in [-0.25, -0.2) is 0 Å². The second-order valence-electron chi connectivity index (χ2n) is 10.7. The number of primary amides is 1. The molecular formula is C30H30N2O7. The number of fused-ring (bicyclic) bond motifs is 3. The summed E-state index contributed by atoms with van der Waals surface area (Å²) < 4.78 is 0. The van der Waals surface area contributed by atoms with E-state index in [1.807, 2.05) is 43.3 Å². The first-order valence-electron chi connectivity index (χ1n) is 12.6. The molecule has 2 aromatic carbocycles. The van der Waals surface area contributed by atoms with Crippen molar-refractivity contribution in [2.45, 2.75) is 31.4 Å². The van der Waals surface area contributed by atoms with Crippen LogP contribution in [0.15, 0.2) is 53.3 Å². The predicted octanol–water partition coefficient (Wildman–Crippen LogP) is 2.44. The molecule has 5 rings (SSSR count). The van der Waals surface area contributed by atoms with E-state index in [0.29, 0.717) is 5.56 Å². The molecule has 1 saturated carbocycles. The molecule has 0 aromatic heterocycles. The lowest BCUT2D eigenvalue weighted by Gasteiger charge is -2.50. The fourth-order valence-electron chi connectivity index (χ4n) is 6.29. The number of ketones is 2. The number of amides is 1. The van der Waals surface area contributed by atoms with E-state index in [9.17, 15) is 34.8 Å². The van der Waals surface area contributed by atoms with Crippen molar-refractivity contribution in [2.24, 2.45) is 17.6 Å². The van der Waals surface area contributed by atoms with Crippen LogP contribution in [0.2, 0.25) is 0 Å². The lowest BCUT2D eigenvalue weighted by atomic mass is 9.57. The molecule has 3 aliphatic carbocycles. The number of aliphatic hydroxyl groups is 3. The molecular weight excluding hydrogens is 500 g/mol. The number of phenols is 1. The Kier molecular flexibility index (Phi) is 6.24. The van der Waals surface area contributed by atoms with Crippen molar-refractivity contribution in [3.8, 4) is 5.75 Å². The van der Waals surface area contributed by atoms with Gasteiger partial charge in [0, 0.05) is 11.5 Å². The zero-order valence-electron chi connectivity index (χ0n) is 21.8. The smallest absolute Gasteiger partial charge is 0.255 e. The van der Waals surface area contributed by atoms with Crippen LogP contribution in [0.5, 0.6) is 5.75 Å². The summed E-state index contributed by atoms with van der Waals surface area (Å²) in [5.74, 6) is -6.65. The second-order valence-corrected chi connectivity index (χ2v) is 10.7. The van der Waals surface area contributed by atoms with Gasteiger partial charge in [0.05, 0.1) is 11.6 Å². The normalized spacial score (nSPS) is 26.6. The van der Waals surface area contributed by atoms with E-state index in [1.54, 1.807) is 20.2 Å². The van der Waals surface area contributed by atoms with Crippen molar-refractivity contribution in [3.63, 3.8) is 0 Å². The van der Waals surface area contributed by atoms with Crippen LogP contribution in [0.25, 0.3) is 17.9 Å². The molecule has 9 nitrogen and oxygen atoms in total. The van der Waals surface area contributed by atoms with E-state index in [0.717, 1.165) is 16.7 Å². The highest BCUT2D eigenvalue weighted by Gasteiger charge is 2.64. The molecule has 9 heteroatoms. The van der Waals surface area contributed by atoms with Crippen LogP contribution in [0.1, 0.15) is 34.2 Å². The molecule has 0 aliphatic heterocycles. The largest absolute Gasteiger partial charge is 0.508 e. The quantitative estimate of drug-likeness (QED) is 0.297. The first-order chi connectivity index (χ1) is 18.4. The van der Waals surface area contributed by atoms with Crippen molar-refractivity contribution >= 4 is 35.4 Å². The van der Waals surface area contributed by atoms with Crippen molar-refractivity contribution in [1.82, 2.24) is 4.90 Å². The van der Waals surface area contributed by atoms with E-state index in [1.165, 1.54) is 11.0 Å². The van der Waals surface area contributed by atoms with E-state index in [2.05, 4.69) is 0 Å². The first-order valence-corrected chi connectivity index (χ1v) is 12.6. The average Bonchev–Trinajstić information content (AvgIpc) is 2.86. The van der Waals surface area contributed by atoms with Crippen LogP contribution in [-0.2, 0) is 20.8 Å². The van der Waals surface area contributed by atoms with Crippen LogP contribution in [0, 0.1) is 18.8 Å². The highest BCUT2D eigenvalue weighted by Crippen LogP contribution is 2.53. The molecule has 2 aromatic rings. The Hall–Kier alpha value is -4.21. The highest BCUT2D eigenvalue weighted by atomic mass is 16.3. The van der Waals surface area contributed by atoms with Gasteiger partial charge in [0.25, 0.3) is 5.91 Å². The fraction of sp³-hybridized carbons (Fsp3) is 0.300. The van der Waals surface area contributed by atoms with Crippen LogP contribution in [-0.4, -0.2) is 68.5 Å². The molecule has 0 spiro atoms. The third-order valence-corrected chi connectivity index (χ3v) is 8.17. The van der Waals surface area contributed by atoms with Gasteiger partial charge in [-0.2, -0.15) is 0 Å². The minimum Gasteiger partial charge on any atom is -0.508 e. The maximum atomic E-state index is 13.9. The topological polar surface area (TPSA) is 161 Å². The number of nitrogens with two attached hydrogens (primary N) is 1. The molecule has 39 heavy (non-hydrogen) atoms. The minimum absolute atomic E-state index is 0.0442. The molecule has 1 amide bonds. The predicted molar refractivity (Wildman–Crippen MR) is 144 cm³/mol. The second kappa shape index (κ2) is 9.21. The zero-order valence-corrected chi connectivity index (χ0v) is 21.8. The van der Waals surface area contributed by atoms with E-state index in [4.69, 9.17) is 5.73 Å². The summed E-state index contributed by atoms with van der Waals surface area (Å²) >= 11 is 0. The SMILES string of the molecule is Cc1ccc(/C=C/c2ccc(O)c3c2CC2CC4[C@H](N(C)C)C(=O)C(C(N)=O)=C(O)[C@@]4(O)C(=O)C2=C3O)cc1. The van der Waals surface area contributed by atoms with Gasteiger partial charge in [-0.15, -0.1) is 0 Å². The van der Waals surface area contributed by atoms with E-state index < -0.39 is 58.0 Å². The number of rotatable bonds is 4. The summed E-state index contributed by atoms with van der Waals surface area (Å²) in [7, 11) is 3.14. The van der Waals surface area contributed by atoms with Gasteiger partial charge < -0.3 is 26.2 Å². The van der Waals surface area contributed by atoms with Crippen molar-refractivity contribution in [3.05, 3.63) is 81.1 Å². The average molecular weight is 531 g/mol. The molecule has 3 aliphatic rings. The summed E-state index contributed by atoms with van der Waals surface area (Å²) in [4.78, 5) is 40.6. The molecule has 2 unspecified atom stereocenters. The van der Waals surface area contributed by atoms with Crippen LogP contribution in [0.4, 0.5) is 0 Å². The van der Waals surface area contributed by atoms with E-state index >= 15 is 0 Å². The monoisotopic (exact) mass is 530 g/mol. The maximum absolute atomic E-state index is 13.9. The maximum Gasteiger partial charge on any atom is 0.255 e. The van der Waals surface area contributed by atoms with Gasteiger partial charge in [0.15, 0.2) is 11.4 Å². The van der Waals surface area contributed by atoms with Crippen molar-refractivity contribution in [1.29, 1.82) is 0 Å². The number of Topliss-reactive ketones (excluding diaryl/α,β-unsaturated/α-hetero) is 2. The van der Waals surface area contributed by atoms with Gasteiger partial charge in [0.1, 0.15) is 22.8 Å². The molecule has 0 heterocycles. The van der Waals surface area contributed by atoms with Crippen LogP contribution >= 0.6 is 0 Å². The Morgan fingerprint density at radius 3 is 2.33 bits per heavy atom. The van der Waals surface area contributed by atoms with Crippen LogP contribution in [0.3, 0.4) is 0 Å². The standard InChI is InChI=1S/C30H30N2O7/c1-14-4-6-15(7-5-14)8-9-16-10-11-20(33)22-18(16)12-17-13-19-24(32(2)3)26(35)23(29(31)38)28(37)30(19,39)27(36)21(17)25(22)34/h4-11,17,19,24,33-34,37,39H,12-13H2,1-3H3,(H2,31,38)/b9-8+/t17?,19?,24-,30-/m0/s1. The molecule has 202 valence electrons. The van der Waals surface area contributed by atoms with Gasteiger partial charge in [-0.05, 0) is 62.5 Å². The van der Waals surface area contributed by atoms with Gasteiger partial charge in [-0.3, -0.25) is 19.3 Å². The molecule has 6 N–H and O–H groups in total. The van der Waals surface area contributed by atoms with E-state index in [-0.39, 0.29) is 29.7 Å². The van der Waals surface area contributed by atoms with Crippen LogP contribution < -0.4 is 5.73 Å². The number of aliphatic hydroxyl groups excluding tert-OH is 2. The summed E-state index contributed by atoms with van der Waals surface area (Å²) in [6, 6.07) is 9.93. The fourth-order valence-corrected chi connectivity index (χ4v) is 6.29. The molecule has 1 fully saturated rings. The minimum atomic E-state index is -2.65. The number of hydrogen-bond donors (Lipinski definition) is 5. The number of carbonyl (C=O) groups excluding carboxylic acids is 3. The Morgan fingerprint density at radius 2 is 1.72 bits per heavy atom. The summed E-state index contributed by atoms with van der Waals surface area (Å²) in [6.07, 6.45) is 4.05. The molecule has 0 bridgehead atoms. The third kappa shape index (κ3) is 3.88. The number of hydrogen-bond acceptors (Lipinski definition) is 8. The molecule has 0 radical (unpaired) electrons. The number of aryl methyl sites for hydroxylation is 1. The summed E-state index contributed by atoms with van der Waals surface area (Å²) in [5.41, 5.74) is 5.19. The Balaban J connectivity index is 1.66. The Bertz CT molecular complexity index is 1520. The van der Waals surface area contributed by atoms with Gasteiger partial charge in [-0.1, -0.05) is 48.0 Å². The lowest BCUT2D eigenvalue weighted by molar-refractivity contribution is -0.153. The Morgan fingerprint density at radius 1 is 1.05 bits per heavy atom.